The highest BCUT2D eigenvalue weighted by atomic mass is 16.5. The van der Waals surface area contributed by atoms with Gasteiger partial charge in [-0.05, 0) is 36.4 Å². The van der Waals surface area contributed by atoms with Gasteiger partial charge >= 0.3 is 0 Å². The van der Waals surface area contributed by atoms with E-state index in [1.54, 1.807) is 52.5 Å². The van der Waals surface area contributed by atoms with Crippen LogP contribution in [0.5, 0.6) is 5.75 Å². The molecule has 4 rings (SSSR count). The molecule has 2 aliphatic rings. The second kappa shape index (κ2) is 9.65. The molecule has 0 saturated carbocycles. The zero-order valence-corrected chi connectivity index (χ0v) is 17.1. The van der Waals surface area contributed by atoms with E-state index in [-0.39, 0.29) is 30.7 Å². The largest absolute Gasteiger partial charge is 0.484 e. The lowest BCUT2D eigenvalue weighted by Gasteiger charge is -2.26. The molecular formula is C22H25N3O6. The zero-order chi connectivity index (χ0) is 21.6. The molecule has 2 saturated heterocycles. The Hall–Kier alpha value is -3.33. The van der Waals surface area contributed by atoms with Crippen LogP contribution >= 0.6 is 0 Å². The van der Waals surface area contributed by atoms with Gasteiger partial charge in [-0.1, -0.05) is 0 Å². The van der Waals surface area contributed by atoms with Crippen LogP contribution in [0, 0.1) is 5.92 Å². The van der Waals surface area contributed by atoms with Gasteiger partial charge in [0.25, 0.3) is 5.91 Å². The van der Waals surface area contributed by atoms with Gasteiger partial charge in [-0.2, -0.15) is 0 Å². The summed E-state index contributed by atoms with van der Waals surface area (Å²) in [4.78, 5) is 40.3. The predicted molar refractivity (Wildman–Crippen MR) is 110 cm³/mol. The van der Waals surface area contributed by atoms with Gasteiger partial charge in [0, 0.05) is 31.7 Å². The molecule has 9 nitrogen and oxygen atoms in total. The normalized spacial score (nSPS) is 18.8. The molecule has 0 spiro atoms. The third-order valence-electron chi connectivity index (χ3n) is 5.39. The molecule has 0 unspecified atom stereocenters. The molecule has 0 bridgehead atoms. The lowest BCUT2D eigenvalue weighted by molar-refractivity contribution is -0.137. The number of ether oxygens (including phenoxy) is 2. The topological polar surface area (TPSA) is 101 Å². The summed E-state index contributed by atoms with van der Waals surface area (Å²) in [5.74, 6) is 0.445. The molecule has 3 heterocycles. The molecule has 0 aliphatic carbocycles. The summed E-state index contributed by atoms with van der Waals surface area (Å²) in [6.45, 7) is 2.82. The standard InChI is InChI=1S/C22H25N3O6/c26-20-12-16(22(28)23-13-19-2-1-9-30-19)14-25(20)17-3-5-18(6-4-17)31-15-21(27)24-7-10-29-11-8-24/h1-6,9,16H,7-8,10-15H2,(H,23,28)/t16-/m1/s1. The van der Waals surface area contributed by atoms with Crippen LogP contribution in [0.2, 0.25) is 0 Å². The van der Waals surface area contributed by atoms with Gasteiger partial charge in [0.15, 0.2) is 6.61 Å². The Morgan fingerprint density at radius 1 is 1.13 bits per heavy atom. The van der Waals surface area contributed by atoms with Crippen molar-refractivity contribution in [2.75, 3.05) is 44.4 Å². The number of carbonyl (C=O) groups is 3. The van der Waals surface area contributed by atoms with Gasteiger partial charge < -0.3 is 29.0 Å². The Labute approximate surface area is 179 Å². The van der Waals surface area contributed by atoms with Gasteiger partial charge in [0.2, 0.25) is 11.8 Å². The Morgan fingerprint density at radius 3 is 2.61 bits per heavy atom. The molecule has 9 heteroatoms. The number of benzene rings is 1. The molecule has 2 fully saturated rings. The summed E-state index contributed by atoms with van der Waals surface area (Å²) < 4.78 is 16.0. The van der Waals surface area contributed by atoms with Crippen LogP contribution in [-0.2, 0) is 25.7 Å². The van der Waals surface area contributed by atoms with Crippen molar-refractivity contribution in [1.29, 1.82) is 0 Å². The lowest BCUT2D eigenvalue weighted by atomic mass is 10.1. The molecular weight excluding hydrogens is 402 g/mol. The quantitative estimate of drug-likeness (QED) is 0.712. The van der Waals surface area contributed by atoms with Crippen LogP contribution in [0.15, 0.2) is 47.1 Å². The Bertz CT molecular complexity index is 906. The molecule has 1 aromatic heterocycles. The second-order valence-corrected chi connectivity index (χ2v) is 7.48. The maximum Gasteiger partial charge on any atom is 0.260 e. The smallest absolute Gasteiger partial charge is 0.260 e. The molecule has 2 aliphatic heterocycles. The zero-order valence-electron chi connectivity index (χ0n) is 17.1. The van der Waals surface area contributed by atoms with Crippen molar-refractivity contribution in [2.45, 2.75) is 13.0 Å². The number of furan rings is 1. The van der Waals surface area contributed by atoms with Gasteiger partial charge in [-0.15, -0.1) is 0 Å². The van der Waals surface area contributed by atoms with Crippen molar-refractivity contribution in [3.8, 4) is 5.75 Å². The molecule has 3 amide bonds. The second-order valence-electron chi connectivity index (χ2n) is 7.48. The van der Waals surface area contributed by atoms with Gasteiger partial charge in [0.05, 0.1) is 31.9 Å². The summed E-state index contributed by atoms with van der Waals surface area (Å²) in [6, 6.07) is 10.5. The number of amides is 3. The highest BCUT2D eigenvalue weighted by Gasteiger charge is 2.35. The van der Waals surface area contributed by atoms with Crippen LogP contribution in [0.1, 0.15) is 12.2 Å². The Balaban J connectivity index is 1.27. The molecule has 0 radical (unpaired) electrons. The summed E-state index contributed by atoms with van der Waals surface area (Å²) in [5.41, 5.74) is 0.693. The van der Waals surface area contributed by atoms with E-state index in [4.69, 9.17) is 13.9 Å². The molecule has 2 aromatic rings. The average molecular weight is 427 g/mol. The van der Waals surface area contributed by atoms with E-state index in [2.05, 4.69) is 5.32 Å². The van der Waals surface area contributed by atoms with Crippen LogP contribution in [0.25, 0.3) is 0 Å². The van der Waals surface area contributed by atoms with Crippen molar-refractivity contribution in [3.05, 3.63) is 48.4 Å². The van der Waals surface area contributed by atoms with Crippen LogP contribution in [0.3, 0.4) is 0 Å². The lowest BCUT2D eigenvalue weighted by Crippen LogP contribution is -2.42. The Morgan fingerprint density at radius 2 is 1.90 bits per heavy atom. The number of carbonyl (C=O) groups excluding carboxylic acids is 3. The fraction of sp³-hybridized carbons (Fsp3) is 0.409. The van der Waals surface area contributed by atoms with Crippen molar-refractivity contribution >= 4 is 23.4 Å². The molecule has 1 N–H and O–H groups in total. The number of morpholine rings is 1. The van der Waals surface area contributed by atoms with E-state index in [1.165, 1.54) is 0 Å². The van der Waals surface area contributed by atoms with E-state index in [0.717, 1.165) is 0 Å². The maximum atomic E-state index is 12.4. The molecule has 1 aromatic carbocycles. The number of hydrogen-bond donors (Lipinski definition) is 1. The number of nitrogens with one attached hydrogen (secondary N) is 1. The monoisotopic (exact) mass is 427 g/mol. The SMILES string of the molecule is O=C(NCc1ccco1)[C@@H]1CC(=O)N(c2ccc(OCC(=O)N3CCOCC3)cc2)C1. The summed E-state index contributed by atoms with van der Waals surface area (Å²) >= 11 is 0. The minimum absolute atomic E-state index is 0.0418. The predicted octanol–water partition coefficient (Wildman–Crippen LogP) is 1.19. The van der Waals surface area contributed by atoms with E-state index in [1.807, 2.05) is 0 Å². The van der Waals surface area contributed by atoms with Crippen molar-refractivity contribution < 1.29 is 28.3 Å². The number of nitrogens with zero attached hydrogens (tertiary/aromatic N) is 2. The fourth-order valence-electron chi connectivity index (χ4n) is 3.64. The summed E-state index contributed by atoms with van der Waals surface area (Å²) in [7, 11) is 0. The minimum Gasteiger partial charge on any atom is -0.484 e. The van der Waals surface area contributed by atoms with Crippen LogP contribution in [0.4, 0.5) is 5.69 Å². The minimum atomic E-state index is -0.412. The fourth-order valence-corrected chi connectivity index (χ4v) is 3.64. The highest BCUT2D eigenvalue weighted by molar-refractivity contribution is 6.00. The van der Waals surface area contributed by atoms with Gasteiger partial charge in [-0.3, -0.25) is 14.4 Å². The van der Waals surface area contributed by atoms with E-state index in [0.29, 0.717) is 56.6 Å². The third kappa shape index (κ3) is 5.24. The van der Waals surface area contributed by atoms with Gasteiger partial charge in [-0.25, -0.2) is 0 Å². The number of hydrogen-bond acceptors (Lipinski definition) is 6. The number of anilines is 1. The first kappa shape index (κ1) is 20.9. The van der Waals surface area contributed by atoms with Crippen molar-refractivity contribution in [3.63, 3.8) is 0 Å². The first-order chi connectivity index (χ1) is 15.1. The third-order valence-corrected chi connectivity index (χ3v) is 5.39. The average Bonchev–Trinajstić information content (AvgIpc) is 3.46. The number of rotatable bonds is 7. The summed E-state index contributed by atoms with van der Waals surface area (Å²) in [5, 5.41) is 2.81. The van der Waals surface area contributed by atoms with Gasteiger partial charge in [0.1, 0.15) is 11.5 Å². The summed E-state index contributed by atoms with van der Waals surface area (Å²) in [6.07, 6.45) is 1.71. The molecule has 164 valence electrons. The van der Waals surface area contributed by atoms with E-state index >= 15 is 0 Å². The van der Waals surface area contributed by atoms with Crippen molar-refractivity contribution in [2.24, 2.45) is 5.92 Å². The molecule has 1 atom stereocenters. The van der Waals surface area contributed by atoms with Crippen LogP contribution in [-0.4, -0.2) is 62.1 Å². The maximum absolute atomic E-state index is 12.4. The first-order valence-electron chi connectivity index (χ1n) is 10.3. The first-order valence-corrected chi connectivity index (χ1v) is 10.3. The van der Waals surface area contributed by atoms with E-state index < -0.39 is 5.92 Å². The molecule has 31 heavy (non-hydrogen) atoms. The Kier molecular flexibility index (Phi) is 6.51. The highest BCUT2D eigenvalue weighted by Crippen LogP contribution is 2.27. The van der Waals surface area contributed by atoms with Crippen molar-refractivity contribution in [1.82, 2.24) is 10.2 Å². The van der Waals surface area contributed by atoms with Crippen LogP contribution < -0.4 is 15.0 Å². The van der Waals surface area contributed by atoms with E-state index in [9.17, 15) is 14.4 Å².